The molecule has 2 nitrogen and oxygen atoms in total. The molecule has 0 spiro atoms. The molecule has 0 aromatic heterocycles. The van der Waals surface area contributed by atoms with Crippen LogP contribution in [0.4, 0.5) is 0 Å². The van der Waals surface area contributed by atoms with E-state index in [0.29, 0.717) is 5.56 Å². The molecule has 0 amide bonds. The summed E-state index contributed by atoms with van der Waals surface area (Å²) >= 11 is 2.08. The highest BCUT2D eigenvalue weighted by Gasteiger charge is 2.09. The number of aryl methyl sites for hydroxylation is 1. The molecule has 0 fully saturated rings. The van der Waals surface area contributed by atoms with Gasteiger partial charge in [0.05, 0.1) is 5.56 Å². The zero-order valence-electron chi connectivity index (χ0n) is 6.67. The van der Waals surface area contributed by atoms with E-state index in [0.717, 1.165) is 15.6 Å². The third-order valence-electron chi connectivity index (χ3n) is 1.69. The zero-order chi connectivity index (χ0) is 9.14. The van der Waals surface area contributed by atoms with Gasteiger partial charge in [-0.3, -0.25) is 0 Å². The maximum Gasteiger partial charge on any atom is 0.336 e. The first-order valence-electron chi connectivity index (χ1n) is 3.67. The van der Waals surface area contributed by atoms with Gasteiger partial charge in [-0.2, -0.15) is 0 Å². The van der Waals surface area contributed by atoms with Gasteiger partial charge in [-0.1, -0.05) is 19.1 Å². The highest BCUT2D eigenvalue weighted by Crippen LogP contribution is 2.17. The highest BCUT2D eigenvalue weighted by molar-refractivity contribution is 14.1. The molecule has 1 rings (SSSR count). The number of benzene rings is 1. The lowest BCUT2D eigenvalue weighted by Gasteiger charge is -2.03. The highest BCUT2D eigenvalue weighted by atomic mass is 127. The van der Waals surface area contributed by atoms with Crippen LogP contribution in [-0.4, -0.2) is 11.1 Å². The number of carboxylic acid groups (broad SMARTS) is 1. The fourth-order valence-corrected chi connectivity index (χ4v) is 1.99. The van der Waals surface area contributed by atoms with Crippen molar-refractivity contribution in [1.29, 1.82) is 0 Å². The molecular weight excluding hydrogens is 267 g/mol. The average molecular weight is 276 g/mol. The van der Waals surface area contributed by atoms with Crippen molar-refractivity contribution in [3.8, 4) is 0 Å². The molecule has 0 radical (unpaired) electrons. The maximum absolute atomic E-state index is 10.7. The first kappa shape index (κ1) is 9.51. The quantitative estimate of drug-likeness (QED) is 0.843. The fraction of sp³-hybridized carbons (Fsp3) is 0.222. The van der Waals surface area contributed by atoms with Crippen LogP contribution in [-0.2, 0) is 6.42 Å². The molecule has 1 aromatic carbocycles. The van der Waals surface area contributed by atoms with Gasteiger partial charge in [0.1, 0.15) is 0 Å². The van der Waals surface area contributed by atoms with Crippen LogP contribution in [0.15, 0.2) is 18.2 Å². The third-order valence-corrected chi connectivity index (χ3v) is 2.96. The summed E-state index contributed by atoms with van der Waals surface area (Å²) in [5, 5.41) is 8.78. The Balaban J connectivity index is 3.23. The summed E-state index contributed by atoms with van der Waals surface area (Å²) < 4.78 is 0.852. The molecular formula is C9H9IO2. The van der Waals surface area contributed by atoms with E-state index in [2.05, 4.69) is 22.6 Å². The predicted molar refractivity (Wildman–Crippen MR) is 55.5 cm³/mol. The summed E-state index contributed by atoms with van der Waals surface area (Å²) in [6.07, 6.45) is 0.874. The topological polar surface area (TPSA) is 37.3 Å². The minimum absolute atomic E-state index is 0.398. The molecule has 0 aliphatic heterocycles. The Morgan fingerprint density at radius 3 is 2.75 bits per heavy atom. The van der Waals surface area contributed by atoms with Crippen molar-refractivity contribution >= 4 is 28.6 Å². The van der Waals surface area contributed by atoms with Crippen molar-refractivity contribution in [2.24, 2.45) is 0 Å². The Morgan fingerprint density at radius 1 is 1.58 bits per heavy atom. The molecule has 12 heavy (non-hydrogen) atoms. The van der Waals surface area contributed by atoms with Gasteiger partial charge in [-0.25, -0.2) is 4.79 Å². The SMILES string of the molecule is CCc1cccc(C(=O)O)c1I. The van der Waals surface area contributed by atoms with Crippen LogP contribution in [0.3, 0.4) is 0 Å². The lowest BCUT2D eigenvalue weighted by atomic mass is 10.1. The van der Waals surface area contributed by atoms with E-state index < -0.39 is 5.97 Å². The van der Waals surface area contributed by atoms with E-state index in [1.807, 2.05) is 13.0 Å². The minimum Gasteiger partial charge on any atom is -0.478 e. The largest absolute Gasteiger partial charge is 0.478 e. The number of hydrogen-bond donors (Lipinski definition) is 1. The molecule has 1 N–H and O–H groups in total. The number of halogens is 1. The minimum atomic E-state index is -0.852. The third kappa shape index (κ3) is 1.77. The van der Waals surface area contributed by atoms with Gasteiger partial charge < -0.3 is 5.11 Å². The predicted octanol–water partition coefficient (Wildman–Crippen LogP) is 2.55. The zero-order valence-corrected chi connectivity index (χ0v) is 8.83. The second-order valence-corrected chi connectivity index (χ2v) is 3.52. The van der Waals surface area contributed by atoms with Crippen molar-refractivity contribution in [2.45, 2.75) is 13.3 Å². The Kier molecular flexibility index (Phi) is 3.08. The van der Waals surface area contributed by atoms with Crippen LogP contribution in [0.2, 0.25) is 0 Å². The Labute approximate surface area is 84.7 Å². The van der Waals surface area contributed by atoms with Gasteiger partial charge in [0.2, 0.25) is 0 Å². The summed E-state index contributed by atoms with van der Waals surface area (Å²) in [6.45, 7) is 2.02. The van der Waals surface area contributed by atoms with E-state index in [9.17, 15) is 4.79 Å². The van der Waals surface area contributed by atoms with Gasteiger partial charge in [0, 0.05) is 3.57 Å². The van der Waals surface area contributed by atoms with Crippen LogP contribution in [0, 0.1) is 3.57 Å². The number of rotatable bonds is 2. The normalized spacial score (nSPS) is 9.83. The molecule has 0 saturated carbocycles. The summed E-state index contributed by atoms with van der Waals surface area (Å²) in [5.74, 6) is -0.852. The molecule has 3 heteroatoms. The summed E-state index contributed by atoms with van der Waals surface area (Å²) in [6, 6.07) is 5.36. The Bertz CT molecular complexity index is 307. The fourth-order valence-electron chi connectivity index (χ4n) is 1.02. The first-order valence-corrected chi connectivity index (χ1v) is 4.75. The van der Waals surface area contributed by atoms with Crippen LogP contribution >= 0.6 is 22.6 Å². The van der Waals surface area contributed by atoms with Crippen molar-refractivity contribution in [1.82, 2.24) is 0 Å². The van der Waals surface area contributed by atoms with Gasteiger partial charge in [0.25, 0.3) is 0 Å². The lowest BCUT2D eigenvalue weighted by molar-refractivity contribution is 0.0695. The van der Waals surface area contributed by atoms with E-state index in [-0.39, 0.29) is 0 Å². The number of carboxylic acids is 1. The standard InChI is InChI=1S/C9H9IO2/c1-2-6-4-3-5-7(8(6)10)9(11)12/h3-5H,2H2,1H3,(H,11,12). The molecule has 0 saturated heterocycles. The summed E-state index contributed by atoms with van der Waals surface area (Å²) in [7, 11) is 0. The molecule has 0 heterocycles. The summed E-state index contributed by atoms with van der Waals surface area (Å²) in [4.78, 5) is 10.7. The van der Waals surface area contributed by atoms with E-state index in [1.165, 1.54) is 0 Å². The molecule has 64 valence electrons. The van der Waals surface area contributed by atoms with Crippen molar-refractivity contribution in [2.75, 3.05) is 0 Å². The van der Waals surface area contributed by atoms with Gasteiger partial charge in [-0.05, 0) is 40.6 Å². The van der Waals surface area contributed by atoms with Gasteiger partial charge in [0.15, 0.2) is 0 Å². The number of carbonyl (C=O) groups is 1. The monoisotopic (exact) mass is 276 g/mol. The Hall–Kier alpha value is -0.580. The van der Waals surface area contributed by atoms with Crippen LogP contribution < -0.4 is 0 Å². The Morgan fingerprint density at radius 2 is 2.25 bits per heavy atom. The molecule has 0 bridgehead atoms. The van der Waals surface area contributed by atoms with Crippen molar-refractivity contribution < 1.29 is 9.90 Å². The second-order valence-electron chi connectivity index (χ2n) is 2.44. The molecule has 0 aliphatic carbocycles. The van der Waals surface area contributed by atoms with Gasteiger partial charge in [-0.15, -0.1) is 0 Å². The maximum atomic E-state index is 10.7. The molecule has 0 aliphatic rings. The summed E-state index contributed by atoms with van der Waals surface area (Å²) in [5.41, 5.74) is 1.49. The van der Waals surface area contributed by atoms with E-state index in [1.54, 1.807) is 12.1 Å². The van der Waals surface area contributed by atoms with Crippen molar-refractivity contribution in [3.05, 3.63) is 32.9 Å². The smallest absolute Gasteiger partial charge is 0.336 e. The van der Waals surface area contributed by atoms with Crippen molar-refractivity contribution in [3.63, 3.8) is 0 Å². The number of aromatic carboxylic acids is 1. The second kappa shape index (κ2) is 3.89. The van der Waals surface area contributed by atoms with Gasteiger partial charge >= 0.3 is 5.97 Å². The average Bonchev–Trinajstić information content (AvgIpc) is 2.04. The molecule has 1 aromatic rings. The first-order chi connectivity index (χ1) is 5.66. The van der Waals surface area contributed by atoms with Crippen LogP contribution in [0.1, 0.15) is 22.8 Å². The van der Waals surface area contributed by atoms with E-state index >= 15 is 0 Å². The molecule has 0 atom stereocenters. The van der Waals surface area contributed by atoms with Crippen LogP contribution in [0.25, 0.3) is 0 Å². The number of hydrogen-bond acceptors (Lipinski definition) is 1. The van der Waals surface area contributed by atoms with Crippen LogP contribution in [0.5, 0.6) is 0 Å². The molecule has 0 unspecified atom stereocenters. The van der Waals surface area contributed by atoms with E-state index in [4.69, 9.17) is 5.11 Å². The lowest BCUT2D eigenvalue weighted by Crippen LogP contribution is -2.01.